The minimum Gasteiger partial charge on any atom is -0.468 e. The molecule has 0 saturated carbocycles. The van der Waals surface area contributed by atoms with Crippen molar-refractivity contribution in [3.05, 3.63) is 33.8 Å². The van der Waals surface area contributed by atoms with Gasteiger partial charge in [-0.05, 0) is 38.0 Å². The van der Waals surface area contributed by atoms with Crippen molar-refractivity contribution >= 4 is 21.9 Å². The van der Waals surface area contributed by atoms with Gasteiger partial charge in [-0.15, -0.1) is 0 Å². The maximum absolute atomic E-state index is 11.5. The van der Waals surface area contributed by atoms with Crippen molar-refractivity contribution in [2.75, 3.05) is 7.11 Å². The predicted molar refractivity (Wildman–Crippen MR) is 71.8 cm³/mol. The lowest BCUT2D eigenvalue weighted by Gasteiger charge is -2.23. The predicted octanol–water partition coefficient (Wildman–Crippen LogP) is 2.80. The molecule has 0 radical (unpaired) electrons. The summed E-state index contributed by atoms with van der Waals surface area (Å²) in [6.07, 6.45) is 0. The Labute approximate surface area is 111 Å². The van der Waals surface area contributed by atoms with Crippen molar-refractivity contribution in [2.45, 2.75) is 32.9 Å². The second-order valence-corrected chi connectivity index (χ2v) is 5.41. The van der Waals surface area contributed by atoms with Gasteiger partial charge in [0.15, 0.2) is 0 Å². The summed E-state index contributed by atoms with van der Waals surface area (Å²) in [5, 5.41) is 3.18. The van der Waals surface area contributed by atoms with E-state index in [0.29, 0.717) is 6.54 Å². The number of methoxy groups -OCH3 is 1. The van der Waals surface area contributed by atoms with Gasteiger partial charge in [-0.25, -0.2) is 0 Å². The Hall–Kier alpha value is -0.870. The first kappa shape index (κ1) is 14.2. The Kier molecular flexibility index (Phi) is 4.71. The molecule has 1 aromatic carbocycles. The zero-order valence-corrected chi connectivity index (χ0v) is 12.2. The first-order chi connectivity index (χ1) is 7.86. The molecule has 0 heterocycles. The highest BCUT2D eigenvalue weighted by Crippen LogP contribution is 2.18. The minimum absolute atomic E-state index is 0.260. The van der Waals surface area contributed by atoms with Crippen LogP contribution in [0.2, 0.25) is 0 Å². The Bertz CT molecular complexity index is 416. The van der Waals surface area contributed by atoms with E-state index in [0.717, 1.165) is 10.0 Å². The molecule has 4 heteroatoms. The Morgan fingerprint density at radius 2 is 2.12 bits per heavy atom. The molecule has 0 unspecified atom stereocenters. The van der Waals surface area contributed by atoms with E-state index >= 15 is 0 Å². The average Bonchev–Trinajstić information content (AvgIpc) is 2.29. The molecule has 0 atom stereocenters. The van der Waals surface area contributed by atoms with Crippen LogP contribution in [0.15, 0.2) is 22.7 Å². The molecule has 0 amide bonds. The summed E-state index contributed by atoms with van der Waals surface area (Å²) in [4.78, 5) is 11.5. The van der Waals surface area contributed by atoms with Gasteiger partial charge in [-0.3, -0.25) is 10.1 Å². The Morgan fingerprint density at radius 1 is 1.47 bits per heavy atom. The largest absolute Gasteiger partial charge is 0.468 e. The summed E-state index contributed by atoms with van der Waals surface area (Å²) in [5.74, 6) is -0.260. The third kappa shape index (κ3) is 3.82. The maximum Gasteiger partial charge on any atom is 0.325 e. The lowest BCUT2D eigenvalue weighted by atomic mass is 10.1. The molecule has 0 spiro atoms. The fourth-order valence-corrected chi connectivity index (χ4v) is 1.82. The lowest BCUT2D eigenvalue weighted by Crippen LogP contribution is -2.46. The van der Waals surface area contributed by atoms with E-state index < -0.39 is 5.54 Å². The molecule has 0 saturated heterocycles. The standard InChI is InChI=1S/C13H18BrNO2/c1-9-5-6-10(7-11(9)14)8-15-13(2,3)12(16)17-4/h5-7,15H,8H2,1-4H3. The molecule has 94 valence electrons. The number of halogens is 1. The summed E-state index contributed by atoms with van der Waals surface area (Å²) in [6, 6.07) is 6.14. The van der Waals surface area contributed by atoms with Gasteiger partial charge in [0.05, 0.1) is 7.11 Å². The van der Waals surface area contributed by atoms with Crippen LogP contribution in [0.4, 0.5) is 0 Å². The van der Waals surface area contributed by atoms with Crippen LogP contribution < -0.4 is 5.32 Å². The molecule has 0 aliphatic heterocycles. The number of hydrogen-bond acceptors (Lipinski definition) is 3. The van der Waals surface area contributed by atoms with Crippen molar-refractivity contribution in [1.82, 2.24) is 5.32 Å². The van der Waals surface area contributed by atoms with E-state index in [1.165, 1.54) is 12.7 Å². The number of hydrogen-bond donors (Lipinski definition) is 1. The van der Waals surface area contributed by atoms with Gasteiger partial charge in [0.2, 0.25) is 0 Å². The third-order valence-corrected chi connectivity index (χ3v) is 3.52. The Balaban J connectivity index is 2.67. The highest BCUT2D eigenvalue weighted by atomic mass is 79.9. The van der Waals surface area contributed by atoms with Gasteiger partial charge in [-0.2, -0.15) is 0 Å². The molecule has 1 N–H and O–H groups in total. The van der Waals surface area contributed by atoms with Crippen LogP contribution in [0, 0.1) is 6.92 Å². The zero-order valence-electron chi connectivity index (χ0n) is 10.6. The molecule has 0 fully saturated rings. The molecule has 0 aliphatic carbocycles. The number of carbonyl (C=O) groups excluding carboxylic acids is 1. The number of benzene rings is 1. The maximum atomic E-state index is 11.5. The summed E-state index contributed by atoms with van der Waals surface area (Å²) in [5.41, 5.74) is 1.65. The van der Waals surface area contributed by atoms with Gasteiger partial charge in [0, 0.05) is 11.0 Å². The van der Waals surface area contributed by atoms with Crippen LogP contribution in [0.1, 0.15) is 25.0 Å². The molecule has 0 bridgehead atoms. The van der Waals surface area contributed by atoms with Crippen LogP contribution in [-0.2, 0) is 16.1 Å². The second-order valence-electron chi connectivity index (χ2n) is 4.55. The second kappa shape index (κ2) is 5.65. The minimum atomic E-state index is -0.674. The van der Waals surface area contributed by atoms with Crippen molar-refractivity contribution in [3.63, 3.8) is 0 Å². The number of ether oxygens (including phenoxy) is 1. The van der Waals surface area contributed by atoms with E-state index in [9.17, 15) is 4.79 Å². The molecular formula is C13H18BrNO2. The molecule has 1 aromatic rings. The molecule has 17 heavy (non-hydrogen) atoms. The summed E-state index contributed by atoms with van der Waals surface area (Å²) in [7, 11) is 1.40. The molecule has 1 rings (SSSR count). The quantitative estimate of drug-likeness (QED) is 0.869. The van der Waals surface area contributed by atoms with Crippen molar-refractivity contribution in [3.8, 4) is 0 Å². The van der Waals surface area contributed by atoms with Gasteiger partial charge >= 0.3 is 5.97 Å². The number of carbonyl (C=O) groups is 1. The number of esters is 1. The lowest BCUT2D eigenvalue weighted by molar-refractivity contribution is -0.147. The summed E-state index contributed by atoms with van der Waals surface area (Å²) >= 11 is 3.49. The molecular weight excluding hydrogens is 282 g/mol. The van der Waals surface area contributed by atoms with Crippen LogP contribution in [0.5, 0.6) is 0 Å². The smallest absolute Gasteiger partial charge is 0.325 e. The normalized spacial score (nSPS) is 11.4. The van der Waals surface area contributed by atoms with E-state index in [-0.39, 0.29) is 5.97 Å². The summed E-state index contributed by atoms with van der Waals surface area (Å²) in [6.45, 7) is 6.28. The van der Waals surface area contributed by atoms with Crippen LogP contribution in [0.25, 0.3) is 0 Å². The highest BCUT2D eigenvalue weighted by molar-refractivity contribution is 9.10. The molecule has 3 nitrogen and oxygen atoms in total. The number of rotatable bonds is 4. The summed E-state index contributed by atoms with van der Waals surface area (Å²) < 4.78 is 5.81. The molecule has 0 aromatic heterocycles. The van der Waals surface area contributed by atoms with E-state index in [1.807, 2.05) is 32.9 Å². The van der Waals surface area contributed by atoms with Crippen molar-refractivity contribution in [1.29, 1.82) is 0 Å². The van der Waals surface area contributed by atoms with E-state index in [2.05, 4.69) is 27.3 Å². The van der Waals surface area contributed by atoms with Gasteiger partial charge in [0.25, 0.3) is 0 Å². The third-order valence-electron chi connectivity index (χ3n) is 2.67. The van der Waals surface area contributed by atoms with E-state index in [4.69, 9.17) is 4.74 Å². The first-order valence-corrected chi connectivity index (χ1v) is 6.24. The fourth-order valence-electron chi connectivity index (χ4n) is 1.40. The van der Waals surface area contributed by atoms with Gasteiger partial charge in [-0.1, -0.05) is 28.1 Å². The monoisotopic (exact) mass is 299 g/mol. The zero-order chi connectivity index (χ0) is 13.1. The number of nitrogens with one attached hydrogen (secondary N) is 1. The first-order valence-electron chi connectivity index (χ1n) is 5.45. The van der Waals surface area contributed by atoms with Crippen molar-refractivity contribution < 1.29 is 9.53 Å². The molecule has 0 aliphatic rings. The average molecular weight is 300 g/mol. The van der Waals surface area contributed by atoms with Crippen LogP contribution >= 0.6 is 15.9 Å². The van der Waals surface area contributed by atoms with Crippen molar-refractivity contribution in [2.24, 2.45) is 0 Å². The van der Waals surface area contributed by atoms with Crippen LogP contribution in [0.3, 0.4) is 0 Å². The van der Waals surface area contributed by atoms with E-state index in [1.54, 1.807) is 0 Å². The SMILES string of the molecule is COC(=O)C(C)(C)NCc1ccc(C)c(Br)c1. The Morgan fingerprint density at radius 3 is 2.65 bits per heavy atom. The fraction of sp³-hybridized carbons (Fsp3) is 0.462. The van der Waals surface area contributed by atoms with Gasteiger partial charge < -0.3 is 4.74 Å². The topological polar surface area (TPSA) is 38.3 Å². The van der Waals surface area contributed by atoms with Crippen LogP contribution in [-0.4, -0.2) is 18.6 Å². The highest BCUT2D eigenvalue weighted by Gasteiger charge is 2.27. The van der Waals surface area contributed by atoms with Gasteiger partial charge in [0.1, 0.15) is 5.54 Å². The number of aryl methyl sites for hydroxylation is 1.